The van der Waals surface area contributed by atoms with E-state index in [1.807, 2.05) is 24.3 Å². The van der Waals surface area contributed by atoms with Gasteiger partial charge in [-0.1, -0.05) is 18.2 Å². The topological polar surface area (TPSA) is 73.6 Å². The van der Waals surface area contributed by atoms with E-state index in [0.717, 1.165) is 71.0 Å². The number of benzene rings is 2. The highest BCUT2D eigenvalue weighted by atomic mass is 16.5. The predicted molar refractivity (Wildman–Crippen MR) is 131 cm³/mol. The van der Waals surface area contributed by atoms with Crippen LogP contribution in [0.2, 0.25) is 0 Å². The first-order chi connectivity index (χ1) is 16.0. The van der Waals surface area contributed by atoms with Crippen molar-refractivity contribution in [2.45, 2.75) is 26.7 Å². The highest BCUT2D eigenvalue weighted by Crippen LogP contribution is 2.49. The molecule has 2 aliphatic carbocycles. The lowest BCUT2D eigenvalue weighted by molar-refractivity contribution is 0.0696. The number of allylic oxidation sites excluding steroid dienone is 6. The lowest BCUT2D eigenvalue weighted by atomic mass is 9.78. The number of rotatable bonds is 5. The van der Waals surface area contributed by atoms with E-state index < -0.39 is 5.97 Å². The fourth-order valence-electron chi connectivity index (χ4n) is 4.97. The zero-order valence-corrected chi connectivity index (χ0v) is 18.8. The molecule has 1 aliphatic heterocycles. The summed E-state index contributed by atoms with van der Waals surface area (Å²) in [5.74, 6) is 0.565. The summed E-state index contributed by atoms with van der Waals surface area (Å²) in [5, 5.41) is 17.9. The van der Waals surface area contributed by atoms with Crippen molar-refractivity contribution in [2.24, 2.45) is 0 Å². The van der Waals surface area contributed by atoms with Crippen molar-refractivity contribution in [2.75, 3.05) is 18.0 Å². The average Bonchev–Trinajstić information content (AvgIpc) is 2.83. The number of fused-ring (bicyclic) bond motifs is 3. The smallest absolute Gasteiger partial charge is 0.336 e. The summed E-state index contributed by atoms with van der Waals surface area (Å²) in [4.78, 5) is 14.4. The molecule has 0 radical (unpaired) electrons. The molecule has 0 fully saturated rings. The van der Waals surface area contributed by atoms with Crippen molar-refractivity contribution < 1.29 is 14.6 Å². The van der Waals surface area contributed by atoms with Gasteiger partial charge in [-0.2, -0.15) is 0 Å². The molecule has 5 rings (SSSR count). The van der Waals surface area contributed by atoms with Crippen molar-refractivity contribution in [1.29, 1.82) is 5.41 Å². The molecule has 0 aromatic heterocycles. The van der Waals surface area contributed by atoms with Gasteiger partial charge in [-0.3, -0.25) is 0 Å². The van der Waals surface area contributed by atoms with Gasteiger partial charge in [-0.25, -0.2) is 4.79 Å². The monoisotopic (exact) mass is 438 g/mol. The third kappa shape index (κ3) is 3.50. The number of aromatic carboxylic acids is 1. The number of ether oxygens (including phenoxy) is 1. The second-order valence-electron chi connectivity index (χ2n) is 8.36. The van der Waals surface area contributed by atoms with Crippen LogP contribution in [0.3, 0.4) is 0 Å². The Morgan fingerprint density at radius 3 is 2.61 bits per heavy atom. The Morgan fingerprint density at radius 1 is 1.06 bits per heavy atom. The van der Waals surface area contributed by atoms with E-state index in [1.54, 1.807) is 18.2 Å². The van der Waals surface area contributed by atoms with Gasteiger partial charge in [0, 0.05) is 47.1 Å². The maximum absolute atomic E-state index is 12.1. The molecule has 0 unspecified atom stereocenters. The Kier molecular flexibility index (Phi) is 5.25. The molecule has 0 spiro atoms. The zero-order chi connectivity index (χ0) is 23.1. The van der Waals surface area contributed by atoms with Gasteiger partial charge in [-0.05, 0) is 74.3 Å². The number of carbonyl (C=O) groups is 1. The van der Waals surface area contributed by atoms with Crippen molar-refractivity contribution in [1.82, 2.24) is 0 Å². The molecule has 0 bridgehead atoms. The largest absolute Gasteiger partial charge is 0.478 e. The number of carboxylic acids is 1. The van der Waals surface area contributed by atoms with Gasteiger partial charge in [-0.15, -0.1) is 0 Å². The minimum atomic E-state index is -0.942. The molecule has 33 heavy (non-hydrogen) atoms. The Bertz CT molecular complexity index is 1310. The molecule has 0 amide bonds. The van der Waals surface area contributed by atoms with Crippen LogP contribution in [0.1, 0.15) is 48.2 Å². The Balaban J connectivity index is 1.80. The highest BCUT2D eigenvalue weighted by Gasteiger charge is 2.33. The number of carboxylic acid groups (broad SMARTS) is 1. The van der Waals surface area contributed by atoms with Crippen LogP contribution in [0.15, 0.2) is 83.2 Å². The van der Waals surface area contributed by atoms with Gasteiger partial charge in [0.25, 0.3) is 0 Å². The summed E-state index contributed by atoms with van der Waals surface area (Å²) in [7, 11) is 0. The number of hydrogen-bond acceptors (Lipinski definition) is 4. The van der Waals surface area contributed by atoms with Crippen molar-refractivity contribution in [3.8, 4) is 5.75 Å². The minimum absolute atomic E-state index is 0.285. The molecule has 5 heteroatoms. The summed E-state index contributed by atoms with van der Waals surface area (Å²) in [6, 6.07) is 13.4. The highest BCUT2D eigenvalue weighted by molar-refractivity contribution is 6.05. The number of hydrogen-bond donors (Lipinski definition) is 2. The van der Waals surface area contributed by atoms with E-state index in [-0.39, 0.29) is 5.56 Å². The molecule has 0 atom stereocenters. The molecular weight excluding hydrogens is 412 g/mol. The summed E-state index contributed by atoms with van der Waals surface area (Å²) >= 11 is 0. The first-order valence-corrected chi connectivity index (χ1v) is 11.4. The lowest BCUT2D eigenvalue weighted by Crippen LogP contribution is -2.23. The molecule has 0 saturated heterocycles. The molecule has 166 valence electrons. The lowest BCUT2D eigenvalue weighted by Gasteiger charge is -2.33. The predicted octanol–water partition coefficient (Wildman–Crippen LogP) is 5.99. The van der Waals surface area contributed by atoms with Crippen LogP contribution in [-0.4, -0.2) is 29.9 Å². The van der Waals surface area contributed by atoms with Gasteiger partial charge < -0.3 is 20.2 Å². The maximum Gasteiger partial charge on any atom is 0.336 e. The Morgan fingerprint density at radius 2 is 1.85 bits per heavy atom. The van der Waals surface area contributed by atoms with E-state index in [1.165, 1.54) is 0 Å². The maximum atomic E-state index is 12.1. The summed E-state index contributed by atoms with van der Waals surface area (Å²) in [6.45, 7) is 6.02. The quantitative estimate of drug-likeness (QED) is 0.601. The zero-order valence-electron chi connectivity index (χ0n) is 18.8. The van der Waals surface area contributed by atoms with Gasteiger partial charge in [0.05, 0.1) is 11.3 Å². The first kappa shape index (κ1) is 21.0. The summed E-state index contributed by atoms with van der Waals surface area (Å²) in [6.07, 6.45) is 7.15. The molecule has 2 aromatic carbocycles. The van der Waals surface area contributed by atoms with Crippen LogP contribution in [0.5, 0.6) is 5.75 Å². The van der Waals surface area contributed by atoms with Crippen LogP contribution >= 0.6 is 0 Å². The second kappa shape index (κ2) is 8.24. The van der Waals surface area contributed by atoms with E-state index in [4.69, 9.17) is 10.1 Å². The number of anilines is 1. The number of nitrogens with zero attached hydrogens (tertiary/aromatic N) is 1. The normalized spacial score (nSPS) is 16.5. The van der Waals surface area contributed by atoms with Crippen molar-refractivity contribution in [3.05, 3.63) is 99.9 Å². The van der Waals surface area contributed by atoms with Crippen LogP contribution in [0, 0.1) is 5.41 Å². The van der Waals surface area contributed by atoms with Crippen LogP contribution < -0.4 is 9.64 Å². The van der Waals surface area contributed by atoms with Gasteiger partial charge in [0.1, 0.15) is 11.5 Å². The van der Waals surface area contributed by atoms with Gasteiger partial charge in [0.2, 0.25) is 0 Å². The van der Waals surface area contributed by atoms with E-state index >= 15 is 0 Å². The third-order valence-electron chi connectivity index (χ3n) is 6.57. The average molecular weight is 439 g/mol. The van der Waals surface area contributed by atoms with E-state index in [9.17, 15) is 9.90 Å². The number of nitrogens with one attached hydrogen (secondary N) is 1. The van der Waals surface area contributed by atoms with Crippen LogP contribution in [0.25, 0.3) is 5.57 Å². The molecule has 0 saturated carbocycles. The molecular formula is C28H26N2O3. The SMILES string of the molecule is CCN(CC)c1ccc2c(c1)OC1=C3C=CC(=N)C=C3CCC1=C2c1ccccc1C(=O)O. The molecule has 1 heterocycles. The molecule has 5 nitrogen and oxygen atoms in total. The Hall–Kier alpha value is -3.86. The van der Waals surface area contributed by atoms with Gasteiger partial charge in [0.15, 0.2) is 0 Å². The molecule has 2 aromatic rings. The fourth-order valence-corrected chi connectivity index (χ4v) is 4.97. The fraction of sp³-hybridized carbons (Fsp3) is 0.214. The third-order valence-corrected chi connectivity index (χ3v) is 6.57. The molecule has 3 aliphatic rings. The summed E-state index contributed by atoms with van der Waals surface area (Å²) < 4.78 is 6.56. The van der Waals surface area contributed by atoms with E-state index in [2.05, 4.69) is 36.9 Å². The van der Waals surface area contributed by atoms with Crippen LogP contribution in [-0.2, 0) is 0 Å². The van der Waals surface area contributed by atoms with Crippen molar-refractivity contribution >= 4 is 22.9 Å². The first-order valence-electron chi connectivity index (χ1n) is 11.4. The van der Waals surface area contributed by atoms with Crippen molar-refractivity contribution in [3.63, 3.8) is 0 Å². The minimum Gasteiger partial charge on any atom is -0.478 e. The standard InChI is InChI=1S/C28H26N2O3/c1-3-30(4-2)19-11-14-23-25(16-19)33-27-20-13-10-18(29)15-17(20)9-12-24(27)26(23)21-7-5-6-8-22(21)28(31)32/h5-8,10-11,13-16,29H,3-4,9,12H2,1-2H3,(H,31,32). The second-order valence-corrected chi connectivity index (χ2v) is 8.36. The molecule has 2 N–H and O–H groups in total. The Labute approximate surface area is 193 Å². The van der Waals surface area contributed by atoms with Crippen LogP contribution in [0.4, 0.5) is 5.69 Å². The van der Waals surface area contributed by atoms with E-state index in [0.29, 0.717) is 11.3 Å². The van der Waals surface area contributed by atoms with Gasteiger partial charge >= 0.3 is 5.97 Å². The summed E-state index contributed by atoms with van der Waals surface area (Å²) in [5.41, 5.74) is 7.49.